The number of tetrazole rings is 1. The van der Waals surface area contributed by atoms with Gasteiger partial charge in [0.05, 0.1) is 11.4 Å². The lowest BCUT2D eigenvalue weighted by atomic mass is 10.1. The fourth-order valence-corrected chi connectivity index (χ4v) is 3.23. The van der Waals surface area contributed by atoms with E-state index in [0.29, 0.717) is 10.7 Å². The Bertz CT molecular complexity index is 919. The minimum Gasteiger partial charge on any atom is -0.504 e. The molecule has 0 aliphatic carbocycles. The Morgan fingerprint density at radius 2 is 1.84 bits per heavy atom. The number of carbonyl (C=O) groups is 1. The third-order valence-corrected chi connectivity index (χ3v) is 4.64. The standard InChI is InChI=1S/C17H16N4O3S/c1-10-4-3-5-11(2)16(10)21-17(18-19-20-21)25-9-15(24)12-6-7-13(22)14(23)8-12/h3-8,22-23H,9H2,1-2H3. The van der Waals surface area contributed by atoms with Crippen LogP contribution in [0.25, 0.3) is 5.69 Å². The Morgan fingerprint density at radius 3 is 2.52 bits per heavy atom. The van der Waals surface area contributed by atoms with Crippen LogP contribution in [0.5, 0.6) is 11.5 Å². The number of ketones is 1. The van der Waals surface area contributed by atoms with E-state index in [1.54, 1.807) is 4.68 Å². The second-order valence-electron chi connectivity index (χ2n) is 5.53. The zero-order valence-corrected chi connectivity index (χ0v) is 14.5. The smallest absolute Gasteiger partial charge is 0.214 e. The minimum atomic E-state index is -0.323. The molecule has 2 N–H and O–H groups in total. The van der Waals surface area contributed by atoms with E-state index in [4.69, 9.17) is 0 Å². The number of Topliss-reactive ketones (excluding diaryl/α,β-unsaturated/α-hetero) is 1. The molecule has 7 nitrogen and oxygen atoms in total. The molecule has 0 unspecified atom stereocenters. The van der Waals surface area contributed by atoms with E-state index in [1.165, 1.54) is 30.0 Å². The fourth-order valence-electron chi connectivity index (χ4n) is 2.46. The third-order valence-electron chi connectivity index (χ3n) is 3.72. The van der Waals surface area contributed by atoms with Crippen LogP contribution in [0.4, 0.5) is 0 Å². The van der Waals surface area contributed by atoms with Gasteiger partial charge in [0, 0.05) is 5.56 Å². The number of benzene rings is 2. The SMILES string of the molecule is Cc1cccc(C)c1-n1nnnc1SCC(=O)c1ccc(O)c(O)c1. The Balaban J connectivity index is 1.80. The van der Waals surface area contributed by atoms with Crippen LogP contribution in [0.2, 0.25) is 0 Å². The maximum atomic E-state index is 12.3. The molecule has 25 heavy (non-hydrogen) atoms. The summed E-state index contributed by atoms with van der Waals surface area (Å²) in [6.45, 7) is 3.95. The number of aromatic hydroxyl groups is 2. The quantitative estimate of drug-likeness (QED) is 0.412. The molecule has 0 fully saturated rings. The van der Waals surface area contributed by atoms with Crippen LogP contribution in [0.3, 0.4) is 0 Å². The molecule has 2 aromatic carbocycles. The predicted molar refractivity (Wildman–Crippen MR) is 93.5 cm³/mol. The van der Waals surface area contributed by atoms with E-state index in [9.17, 15) is 15.0 Å². The van der Waals surface area contributed by atoms with E-state index < -0.39 is 0 Å². The molecule has 0 saturated carbocycles. The molecule has 0 amide bonds. The van der Waals surface area contributed by atoms with Crippen molar-refractivity contribution in [3.8, 4) is 17.2 Å². The summed E-state index contributed by atoms with van der Waals surface area (Å²) in [6.07, 6.45) is 0. The van der Waals surface area contributed by atoms with Gasteiger partial charge in [-0.1, -0.05) is 30.0 Å². The number of hydrogen-bond donors (Lipinski definition) is 2. The Labute approximate surface area is 148 Å². The molecular formula is C17H16N4O3S. The topological polar surface area (TPSA) is 101 Å². The van der Waals surface area contributed by atoms with Crippen molar-refractivity contribution in [3.05, 3.63) is 53.1 Å². The first-order chi connectivity index (χ1) is 12.0. The maximum absolute atomic E-state index is 12.3. The van der Waals surface area contributed by atoms with Gasteiger partial charge in [-0.25, -0.2) is 0 Å². The van der Waals surface area contributed by atoms with Crippen LogP contribution in [0, 0.1) is 13.8 Å². The largest absolute Gasteiger partial charge is 0.504 e. The first-order valence-electron chi connectivity index (χ1n) is 7.50. The van der Waals surface area contributed by atoms with E-state index in [2.05, 4.69) is 15.5 Å². The van der Waals surface area contributed by atoms with Gasteiger partial charge in [-0.3, -0.25) is 4.79 Å². The summed E-state index contributed by atoms with van der Waals surface area (Å²) in [4.78, 5) is 12.3. The van der Waals surface area contributed by atoms with Crippen molar-refractivity contribution in [1.82, 2.24) is 20.2 Å². The number of aromatic nitrogens is 4. The van der Waals surface area contributed by atoms with Crippen LogP contribution in [0.1, 0.15) is 21.5 Å². The molecule has 3 aromatic rings. The number of nitrogens with zero attached hydrogens (tertiary/aromatic N) is 4. The van der Waals surface area contributed by atoms with Crippen LogP contribution in [0.15, 0.2) is 41.6 Å². The summed E-state index contributed by atoms with van der Waals surface area (Å²) >= 11 is 1.21. The average Bonchev–Trinajstić information content (AvgIpc) is 3.03. The molecule has 0 bridgehead atoms. The number of thioether (sulfide) groups is 1. The fraction of sp³-hybridized carbons (Fsp3) is 0.176. The van der Waals surface area contributed by atoms with Gasteiger partial charge in [0.2, 0.25) is 5.16 Å². The van der Waals surface area contributed by atoms with Crippen LogP contribution in [-0.2, 0) is 0 Å². The Morgan fingerprint density at radius 1 is 1.12 bits per heavy atom. The molecule has 0 saturated heterocycles. The molecule has 0 aliphatic rings. The lowest BCUT2D eigenvalue weighted by Gasteiger charge is -2.10. The summed E-state index contributed by atoms with van der Waals surface area (Å²) in [7, 11) is 0. The molecule has 1 aromatic heterocycles. The molecule has 8 heteroatoms. The van der Waals surface area contributed by atoms with E-state index in [1.807, 2.05) is 32.0 Å². The van der Waals surface area contributed by atoms with E-state index in [0.717, 1.165) is 16.8 Å². The maximum Gasteiger partial charge on any atom is 0.214 e. The highest BCUT2D eigenvalue weighted by Crippen LogP contribution is 2.27. The second kappa shape index (κ2) is 6.94. The van der Waals surface area contributed by atoms with Crippen LogP contribution < -0.4 is 0 Å². The van der Waals surface area contributed by atoms with E-state index in [-0.39, 0.29) is 23.0 Å². The van der Waals surface area contributed by atoms with Crippen LogP contribution in [-0.4, -0.2) is 42.0 Å². The summed E-state index contributed by atoms with van der Waals surface area (Å²) in [6, 6.07) is 9.91. The molecule has 1 heterocycles. The van der Waals surface area contributed by atoms with Gasteiger partial charge in [-0.2, -0.15) is 4.68 Å². The first-order valence-corrected chi connectivity index (χ1v) is 8.49. The minimum absolute atomic E-state index is 0.107. The lowest BCUT2D eigenvalue weighted by Crippen LogP contribution is -2.07. The van der Waals surface area contributed by atoms with Crippen molar-refractivity contribution >= 4 is 17.5 Å². The number of para-hydroxylation sites is 1. The summed E-state index contributed by atoms with van der Waals surface area (Å²) in [5, 5.41) is 31.1. The summed E-state index contributed by atoms with van der Waals surface area (Å²) < 4.78 is 1.62. The van der Waals surface area contributed by atoms with Gasteiger partial charge in [0.15, 0.2) is 17.3 Å². The lowest BCUT2D eigenvalue weighted by molar-refractivity contribution is 0.102. The Hall–Kier alpha value is -2.87. The molecule has 0 radical (unpaired) electrons. The van der Waals surface area contributed by atoms with Crippen molar-refractivity contribution in [1.29, 1.82) is 0 Å². The highest BCUT2D eigenvalue weighted by Gasteiger charge is 2.16. The molecule has 0 aliphatic heterocycles. The molecule has 0 spiro atoms. The van der Waals surface area contributed by atoms with Crippen molar-refractivity contribution in [2.24, 2.45) is 0 Å². The average molecular weight is 356 g/mol. The van der Waals surface area contributed by atoms with Gasteiger partial charge >= 0.3 is 0 Å². The first kappa shape index (κ1) is 17.0. The highest BCUT2D eigenvalue weighted by atomic mass is 32.2. The highest BCUT2D eigenvalue weighted by molar-refractivity contribution is 7.99. The number of phenolic OH excluding ortho intramolecular Hbond substituents is 2. The van der Waals surface area contributed by atoms with Gasteiger partial charge in [0.1, 0.15) is 0 Å². The zero-order chi connectivity index (χ0) is 18.0. The van der Waals surface area contributed by atoms with Crippen molar-refractivity contribution in [2.75, 3.05) is 5.75 Å². The summed E-state index contributed by atoms with van der Waals surface area (Å²) in [5.41, 5.74) is 3.27. The van der Waals surface area contributed by atoms with Crippen molar-refractivity contribution in [2.45, 2.75) is 19.0 Å². The zero-order valence-electron chi connectivity index (χ0n) is 13.7. The van der Waals surface area contributed by atoms with Crippen LogP contribution >= 0.6 is 11.8 Å². The Kier molecular flexibility index (Phi) is 4.71. The summed E-state index contributed by atoms with van der Waals surface area (Å²) in [5.74, 6) is -0.675. The number of rotatable bonds is 5. The van der Waals surface area contributed by atoms with E-state index >= 15 is 0 Å². The molecular weight excluding hydrogens is 340 g/mol. The van der Waals surface area contributed by atoms with Crippen molar-refractivity contribution < 1.29 is 15.0 Å². The monoisotopic (exact) mass is 356 g/mol. The van der Waals surface area contributed by atoms with Crippen molar-refractivity contribution in [3.63, 3.8) is 0 Å². The molecule has 128 valence electrons. The molecule has 3 rings (SSSR count). The number of hydrogen-bond acceptors (Lipinski definition) is 7. The van der Waals surface area contributed by atoms with Gasteiger partial charge in [-0.05, 0) is 53.6 Å². The predicted octanol–water partition coefficient (Wildman–Crippen LogP) is 2.67. The molecule has 0 atom stereocenters. The van der Waals surface area contributed by atoms with Gasteiger partial charge < -0.3 is 10.2 Å². The number of carbonyl (C=O) groups excluding carboxylic acids is 1. The second-order valence-corrected chi connectivity index (χ2v) is 6.47. The van der Waals surface area contributed by atoms with Gasteiger partial charge in [-0.15, -0.1) is 5.10 Å². The number of phenols is 2. The van der Waals surface area contributed by atoms with Gasteiger partial charge in [0.25, 0.3) is 0 Å². The third kappa shape index (κ3) is 3.48. The normalized spacial score (nSPS) is 10.8. The number of aryl methyl sites for hydroxylation is 2.